The fraction of sp³-hybridized carbons (Fsp3) is 0.684. The Labute approximate surface area is 129 Å². The van der Waals surface area contributed by atoms with Crippen LogP contribution in [0.5, 0.6) is 0 Å². The minimum atomic E-state index is 0.778. The number of piperidine rings is 1. The molecule has 0 saturated carbocycles. The summed E-state index contributed by atoms with van der Waals surface area (Å²) in [6, 6.07) is 9.13. The normalized spacial score (nSPS) is 24.0. The van der Waals surface area contributed by atoms with Gasteiger partial charge in [0.25, 0.3) is 0 Å². The van der Waals surface area contributed by atoms with Crippen molar-refractivity contribution in [1.29, 1.82) is 0 Å². The number of hydrogen-bond donors (Lipinski definition) is 1. The number of likely N-dealkylation sites (tertiary alicyclic amines) is 1. The van der Waals surface area contributed by atoms with Crippen molar-refractivity contribution in [2.24, 2.45) is 5.92 Å². The number of benzene rings is 1. The molecular weight excluding hydrogens is 256 g/mol. The van der Waals surface area contributed by atoms with Crippen molar-refractivity contribution < 1.29 is 0 Å². The maximum absolute atomic E-state index is 3.51. The van der Waals surface area contributed by atoms with Gasteiger partial charge in [-0.3, -0.25) is 0 Å². The zero-order valence-electron chi connectivity index (χ0n) is 13.5. The smallest absolute Gasteiger partial charge is 0.00504 e. The molecule has 1 aliphatic carbocycles. The second-order valence-corrected chi connectivity index (χ2v) is 6.84. The van der Waals surface area contributed by atoms with Gasteiger partial charge in [-0.05, 0) is 81.2 Å². The summed E-state index contributed by atoms with van der Waals surface area (Å²) in [5.74, 6) is 1.68. The van der Waals surface area contributed by atoms with Crippen LogP contribution in [0.15, 0.2) is 24.3 Å². The fourth-order valence-corrected chi connectivity index (χ4v) is 4.08. The van der Waals surface area contributed by atoms with Gasteiger partial charge in [0.1, 0.15) is 0 Å². The molecule has 21 heavy (non-hydrogen) atoms. The Morgan fingerprint density at radius 1 is 1.14 bits per heavy atom. The van der Waals surface area contributed by atoms with Gasteiger partial charge in [-0.25, -0.2) is 0 Å². The highest BCUT2D eigenvalue weighted by molar-refractivity contribution is 5.32. The second-order valence-electron chi connectivity index (χ2n) is 6.84. The molecule has 1 aromatic rings. The first-order valence-electron chi connectivity index (χ1n) is 8.87. The van der Waals surface area contributed by atoms with Gasteiger partial charge in [-0.15, -0.1) is 0 Å². The molecule has 2 aliphatic rings. The summed E-state index contributed by atoms with van der Waals surface area (Å²) >= 11 is 0. The molecule has 1 fully saturated rings. The van der Waals surface area contributed by atoms with E-state index in [0.717, 1.165) is 18.4 Å². The van der Waals surface area contributed by atoms with Gasteiger partial charge in [-0.1, -0.05) is 31.2 Å². The molecular formula is C19H30N2. The van der Waals surface area contributed by atoms with Gasteiger partial charge >= 0.3 is 0 Å². The van der Waals surface area contributed by atoms with Crippen molar-refractivity contribution in [2.75, 3.05) is 32.7 Å². The largest absolute Gasteiger partial charge is 0.317 e. The summed E-state index contributed by atoms with van der Waals surface area (Å²) in [5, 5.41) is 3.51. The van der Waals surface area contributed by atoms with Crippen molar-refractivity contribution in [1.82, 2.24) is 10.2 Å². The minimum absolute atomic E-state index is 0.778. The van der Waals surface area contributed by atoms with Crippen molar-refractivity contribution in [2.45, 2.75) is 44.9 Å². The monoisotopic (exact) mass is 286 g/mol. The Kier molecular flexibility index (Phi) is 5.32. The molecule has 0 bridgehead atoms. The molecule has 3 rings (SSSR count). The first kappa shape index (κ1) is 15.1. The van der Waals surface area contributed by atoms with Crippen molar-refractivity contribution in [3.63, 3.8) is 0 Å². The highest BCUT2D eigenvalue weighted by Crippen LogP contribution is 2.32. The summed E-state index contributed by atoms with van der Waals surface area (Å²) in [5.41, 5.74) is 3.24. The van der Waals surface area contributed by atoms with Gasteiger partial charge in [0.05, 0.1) is 0 Å². The van der Waals surface area contributed by atoms with Crippen LogP contribution in [0, 0.1) is 5.92 Å². The summed E-state index contributed by atoms with van der Waals surface area (Å²) in [6.45, 7) is 8.42. The quantitative estimate of drug-likeness (QED) is 0.892. The third-order valence-electron chi connectivity index (χ3n) is 5.36. The summed E-state index contributed by atoms with van der Waals surface area (Å²) < 4.78 is 0. The van der Waals surface area contributed by atoms with Crippen molar-refractivity contribution >= 4 is 0 Å². The minimum Gasteiger partial charge on any atom is -0.317 e. The highest BCUT2D eigenvalue weighted by atomic mass is 15.1. The topological polar surface area (TPSA) is 15.3 Å². The van der Waals surface area contributed by atoms with E-state index in [-0.39, 0.29) is 0 Å². The van der Waals surface area contributed by atoms with E-state index >= 15 is 0 Å². The van der Waals surface area contributed by atoms with Gasteiger partial charge in [0.15, 0.2) is 0 Å². The summed E-state index contributed by atoms with van der Waals surface area (Å²) in [4.78, 5) is 2.72. The van der Waals surface area contributed by atoms with Crippen LogP contribution < -0.4 is 5.32 Å². The van der Waals surface area contributed by atoms with E-state index in [2.05, 4.69) is 41.4 Å². The van der Waals surface area contributed by atoms with E-state index in [4.69, 9.17) is 0 Å². The molecule has 116 valence electrons. The predicted octanol–water partition coefficient (Wildman–Crippen LogP) is 3.43. The average molecular weight is 286 g/mol. The third kappa shape index (κ3) is 3.87. The van der Waals surface area contributed by atoms with Crippen molar-refractivity contribution in [3.8, 4) is 0 Å². The van der Waals surface area contributed by atoms with Gasteiger partial charge in [0.2, 0.25) is 0 Å². The number of nitrogens with zero attached hydrogens (tertiary/aromatic N) is 1. The lowest BCUT2D eigenvalue weighted by Crippen LogP contribution is -2.39. The Morgan fingerprint density at radius 2 is 1.95 bits per heavy atom. The van der Waals surface area contributed by atoms with Crippen LogP contribution in [0.2, 0.25) is 0 Å². The molecule has 1 aliphatic heterocycles. The highest BCUT2D eigenvalue weighted by Gasteiger charge is 2.25. The number of fused-ring (bicyclic) bond motifs is 1. The first-order chi connectivity index (χ1) is 10.4. The Hall–Kier alpha value is -0.860. The van der Waals surface area contributed by atoms with Crippen LogP contribution in [0.25, 0.3) is 0 Å². The molecule has 0 spiro atoms. The molecule has 1 unspecified atom stereocenters. The van der Waals surface area contributed by atoms with Crippen LogP contribution in [-0.2, 0) is 6.42 Å². The summed E-state index contributed by atoms with van der Waals surface area (Å²) in [6.07, 6.45) is 6.80. The fourth-order valence-electron chi connectivity index (χ4n) is 4.08. The van der Waals surface area contributed by atoms with E-state index in [1.165, 1.54) is 58.3 Å². The summed E-state index contributed by atoms with van der Waals surface area (Å²) in [7, 11) is 0. The number of rotatable bonds is 5. The first-order valence-corrected chi connectivity index (χ1v) is 8.87. The Bertz CT molecular complexity index is 435. The number of hydrogen-bond acceptors (Lipinski definition) is 2. The van der Waals surface area contributed by atoms with Crippen LogP contribution in [-0.4, -0.2) is 37.6 Å². The van der Waals surface area contributed by atoms with E-state index in [0.29, 0.717) is 0 Å². The molecule has 1 N–H and O–H groups in total. The lowest BCUT2D eigenvalue weighted by atomic mass is 9.82. The van der Waals surface area contributed by atoms with Crippen LogP contribution in [0.1, 0.15) is 49.7 Å². The predicted molar refractivity (Wildman–Crippen MR) is 89.8 cm³/mol. The molecule has 1 heterocycles. The molecule has 0 radical (unpaired) electrons. The second kappa shape index (κ2) is 7.42. The number of nitrogens with one attached hydrogen (secondary N) is 1. The Morgan fingerprint density at radius 3 is 2.76 bits per heavy atom. The van der Waals surface area contributed by atoms with E-state index < -0.39 is 0 Å². The molecule has 2 nitrogen and oxygen atoms in total. The molecule has 1 saturated heterocycles. The molecule has 2 heteroatoms. The Balaban J connectivity index is 1.52. The van der Waals surface area contributed by atoms with Gasteiger partial charge in [0, 0.05) is 6.54 Å². The molecule has 0 aromatic heterocycles. The molecule has 0 amide bonds. The van der Waals surface area contributed by atoms with Crippen molar-refractivity contribution in [3.05, 3.63) is 35.4 Å². The lowest BCUT2D eigenvalue weighted by molar-refractivity contribution is 0.170. The van der Waals surface area contributed by atoms with Gasteiger partial charge in [-0.2, -0.15) is 0 Å². The lowest BCUT2D eigenvalue weighted by Gasteiger charge is -2.36. The zero-order chi connectivity index (χ0) is 14.5. The standard InChI is InChI=1S/C19H30N2/c1-2-20-14-16-10-12-21(13-11-16)15-18-8-5-7-17-6-3-4-9-19(17)18/h3-4,6,9,16,18,20H,2,5,7-8,10-15H2,1H3. The van der Waals surface area contributed by atoms with Crippen LogP contribution in [0.4, 0.5) is 0 Å². The van der Waals surface area contributed by atoms with Gasteiger partial charge < -0.3 is 10.2 Å². The third-order valence-corrected chi connectivity index (χ3v) is 5.36. The molecule has 1 atom stereocenters. The molecule has 1 aromatic carbocycles. The van der Waals surface area contributed by atoms with Crippen LogP contribution >= 0.6 is 0 Å². The van der Waals surface area contributed by atoms with Crippen LogP contribution in [0.3, 0.4) is 0 Å². The van der Waals surface area contributed by atoms with E-state index in [1.807, 2.05) is 0 Å². The SMILES string of the molecule is CCNCC1CCN(CC2CCCc3ccccc32)CC1. The zero-order valence-corrected chi connectivity index (χ0v) is 13.5. The average Bonchev–Trinajstić information content (AvgIpc) is 2.55. The van der Waals surface area contributed by atoms with E-state index in [9.17, 15) is 0 Å². The maximum atomic E-state index is 3.51. The maximum Gasteiger partial charge on any atom is 0.00504 e. The van der Waals surface area contributed by atoms with E-state index in [1.54, 1.807) is 11.1 Å². The number of aryl methyl sites for hydroxylation is 1.